The maximum atomic E-state index is 12.9. The van der Waals surface area contributed by atoms with Crippen molar-refractivity contribution in [1.29, 1.82) is 0 Å². The van der Waals surface area contributed by atoms with Crippen molar-refractivity contribution in [3.8, 4) is 11.3 Å². The van der Waals surface area contributed by atoms with Gasteiger partial charge < -0.3 is 15.2 Å². The fourth-order valence-electron chi connectivity index (χ4n) is 3.88. The van der Waals surface area contributed by atoms with Gasteiger partial charge in [0.1, 0.15) is 11.6 Å². The summed E-state index contributed by atoms with van der Waals surface area (Å²) in [5, 5.41) is 13.3. The summed E-state index contributed by atoms with van der Waals surface area (Å²) in [7, 11) is 0. The molecule has 1 amide bonds. The highest BCUT2D eigenvalue weighted by Gasteiger charge is 2.32. The summed E-state index contributed by atoms with van der Waals surface area (Å²) in [6, 6.07) is 3.31. The molecule has 2 aliphatic heterocycles. The number of hydrogen-bond acceptors (Lipinski definition) is 7. The second-order valence-electron chi connectivity index (χ2n) is 8.62. The van der Waals surface area contributed by atoms with Gasteiger partial charge in [-0.2, -0.15) is 0 Å². The first kappa shape index (κ1) is 20.7. The molecular weight excluding hydrogens is 382 g/mol. The van der Waals surface area contributed by atoms with Gasteiger partial charge in [-0.15, -0.1) is 0 Å². The first-order valence-corrected chi connectivity index (χ1v) is 10.5. The Morgan fingerprint density at radius 3 is 2.67 bits per heavy atom. The number of aliphatic hydroxyl groups is 1. The van der Waals surface area contributed by atoms with Crippen molar-refractivity contribution >= 4 is 17.5 Å². The third-order valence-corrected chi connectivity index (χ3v) is 5.79. The first-order chi connectivity index (χ1) is 14.3. The van der Waals surface area contributed by atoms with E-state index in [0.717, 1.165) is 38.0 Å². The topological polar surface area (TPSA) is 100 Å². The molecule has 8 nitrogen and oxygen atoms in total. The molecule has 0 radical (unpaired) electrons. The molecule has 2 aromatic heterocycles. The summed E-state index contributed by atoms with van der Waals surface area (Å²) >= 11 is 0. The number of carbonyl (C=O) groups excluding carboxylic acids is 1. The van der Waals surface area contributed by atoms with Crippen molar-refractivity contribution in [3.05, 3.63) is 30.2 Å². The average molecular weight is 412 g/mol. The minimum atomic E-state index is -1.01. The Morgan fingerprint density at radius 1 is 1.23 bits per heavy atom. The van der Waals surface area contributed by atoms with E-state index in [1.54, 1.807) is 37.2 Å². The summed E-state index contributed by atoms with van der Waals surface area (Å²) in [6.07, 6.45) is 6.36. The van der Waals surface area contributed by atoms with Gasteiger partial charge in [0, 0.05) is 31.5 Å². The number of aromatic nitrogens is 3. The highest BCUT2D eigenvalue weighted by molar-refractivity contribution is 6.03. The lowest BCUT2D eigenvalue weighted by atomic mass is 9.96. The molecule has 0 spiro atoms. The molecule has 1 atom stereocenters. The zero-order chi connectivity index (χ0) is 21.3. The molecule has 30 heavy (non-hydrogen) atoms. The van der Waals surface area contributed by atoms with E-state index in [2.05, 4.69) is 15.3 Å². The van der Waals surface area contributed by atoms with Gasteiger partial charge in [-0.05, 0) is 58.1 Å². The molecular formula is C22H29N5O3. The molecule has 4 rings (SSSR count). The third kappa shape index (κ3) is 4.29. The number of rotatable bonds is 5. The van der Waals surface area contributed by atoms with Crippen LogP contribution in [0.2, 0.25) is 0 Å². The van der Waals surface area contributed by atoms with Gasteiger partial charge in [0.25, 0.3) is 0 Å². The molecule has 4 heterocycles. The summed E-state index contributed by atoms with van der Waals surface area (Å²) < 4.78 is 5.45. The minimum Gasteiger partial charge on any atom is -0.384 e. The predicted molar refractivity (Wildman–Crippen MR) is 114 cm³/mol. The highest BCUT2D eigenvalue weighted by Crippen LogP contribution is 2.32. The Morgan fingerprint density at radius 2 is 2.00 bits per heavy atom. The molecule has 1 unspecified atom stereocenters. The molecule has 0 aliphatic carbocycles. The van der Waals surface area contributed by atoms with Crippen LogP contribution in [0.25, 0.3) is 11.3 Å². The quantitative estimate of drug-likeness (QED) is 0.780. The van der Waals surface area contributed by atoms with Crippen LogP contribution < -0.4 is 10.2 Å². The molecule has 0 bridgehead atoms. The number of ether oxygens (including phenoxy) is 1. The molecule has 8 heteroatoms. The van der Waals surface area contributed by atoms with Gasteiger partial charge in [0.15, 0.2) is 11.6 Å². The van der Waals surface area contributed by atoms with E-state index in [-0.39, 0.29) is 11.9 Å². The predicted octanol–water partition coefficient (Wildman–Crippen LogP) is 2.73. The van der Waals surface area contributed by atoms with E-state index in [0.29, 0.717) is 35.5 Å². The Kier molecular flexibility index (Phi) is 5.71. The van der Waals surface area contributed by atoms with Crippen LogP contribution in [0.3, 0.4) is 0 Å². The monoisotopic (exact) mass is 411 g/mol. The van der Waals surface area contributed by atoms with E-state index in [4.69, 9.17) is 9.72 Å². The molecule has 0 aromatic carbocycles. The lowest BCUT2D eigenvalue weighted by Crippen LogP contribution is -2.47. The van der Waals surface area contributed by atoms with Crippen molar-refractivity contribution < 1.29 is 14.6 Å². The molecule has 2 aromatic rings. The summed E-state index contributed by atoms with van der Waals surface area (Å²) in [6.45, 7) is 7.46. The Balaban J connectivity index is 1.59. The molecule has 2 aliphatic rings. The molecule has 0 saturated carbocycles. The maximum Gasteiger partial charge on any atom is 0.250 e. The van der Waals surface area contributed by atoms with E-state index in [9.17, 15) is 9.90 Å². The van der Waals surface area contributed by atoms with Crippen molar-refractivity contribution in [2.45, 2.75) is 51.7 Å². The van der Waals surface area contributed by atoms with E-state index < -0.39 is 5.60 Å². The average Bonchev–Trinajstić information content (AvgIpc) is 2.74. The van der Waals surface area contributed by atoms with Crippen LogP contribution in [0.15, 0.2) is 24.5 Å². The number of anilines is 2. The number of pyridine rings is 1. The lowest BCUT2D eigenvalue weighted by molar-refractivity contribution is -0.119. The zero-order valence-corrected chi connectivity index (χ0v) is 17.8. The SMILES string of the molecule is CC1Nc2ncc(-c3ccc(C(C)(C)O)nc3)nc2N(CCC2CCOCC2)C1=O. The Labute approximate surface area is 176 Å². The van der Waals surface area contributed by atoms with Crippen molar-refractivity contribution in [2.75, 3.05) is 30.0 Å². The largest absolute Gasteiger partial charge is 0.384 e. The van der Waals surface area contributed by atoms with Crippen molar-refractivity contribution in [1.82, 2.24) is 15.0 Å². The highest BCUT2D eigenvalue weighted by atomic mass is 16.5. The summed E-state index contributed by atoms with van der Waals surface area (Å²) in [5.74, 6) is 1.76. The molecule has 2 N–H and O–H groups in total. The second kappa shape index (κ2) is 8.28. The molecule has 1 saturated heterocycles. The lowest BCUT2D eigenvalue weighted by Gasteiger charge is -2.33. The van der Waals surface area contributed by atoms with Crippen LogP contribution >= 0.6 is 0 Å². The van der Waals surface area contributed by atoms with E-state index >= 15 is 0 Å². The minimum absolute atomic E-state index is 0.0107. The third-order valence-electron chi connectivity index (χ3n) is 5.79. The number of carbonyl (C=O) groups is 1. The van der Waals surface area contributed by atoms with Crippen LogP contribution in [0.4, 0.5) is 11.6 Å². The van der Waals surface area contributed by atoms with Gasteiger partial charge in [0.05, 0.1) is 17.6 Å². The number of hydrogen-bond donors (Lipinski definition) is 2. The smallest absolute Gasteiger partial charge is 0.250 e. The van der Waals surface area contributed by atoms with Gasteiger partial charge in [-0.3, -0.25) is 14.7 Å². The van der Waals surface area contributed by atoms with Crippen LogP contribution in [-0.2, 0) is 15.1 Å². The number of amides is 1. The Hall–Kier alpha value is -2.58. The van der Waals surface area contributed by atoms with Gasteiger partial charge in [0.2, 0.25) is 5.91 Å². The van der Waals surface area contributed by atoms with E-state index in [1.165, 1.54) is 0 Å². The molecule has 160 valence electrons. The Bertz CT molecular complexity index is 904. The number of fused-ring (bicyclic) bond motifs is 1. The van der Waals surface area contributed by atoms with Gasteiger partial charge in [-0.1, -0.05) is 0 Å². The first-order valence-electron chi connectivity index (χ1n) is 10.5. The van der Waals surface area contributed by atoms with Crippen LogP contribution in [0.1, 0.15) is 45.7 Å². The fraction of sp³-hybridized carbons (Fsp3) is 0.545. The number of nitrogens with one attached hydrogen (secondary N) is 1. The zero-order valence-electron chi connectivity index (χ0n) is 17.8. The van der Waals surface area contributed by atoms with Gasteiger partial charge >= 0.3 is 0 Å². The summed E-state index contributed by atoms with van der Waals surface area (Å²) in [5.41, 5.74) is 1.01. The van der Waals surface area contributed by atoms with Crippen LogP contribution in [0, 0.1) is 5.92 Å². The maximum absolute atomic E-state index is 12.9. The van der Waals surface area contributed by atoms with Crippen molar-refractivity contribution in [3.63, 3.8) is 0 Å². The van der Waals surface area contributed by atoms with Crippen LogP contribution in [0.5, 0.6) is 0 Å². The second-order valence-corrected chi connectivity index (χ2v) is 8.62. The standard InChI is InChI=1S/C22H29N5O3/c1-14-21(28)27(9-6-15-7-10-30-11-8-15)20-19(25-14)24-13-17(26-20)16-4-5-18(23-12-16)22(2,3)29/h4-5,12-15,29H,6-11H2,1-3H3,(H,24,25). The van der Waals surface area contributed by atoms with Crippen molar-refractivity contribution in [2.24, 2.45) is 5.92 Å². The normalized spacial score (nSPS) is 20.1. The van der Waals surface area contributed by atoms with E-state index in [1.807, 2.05) is 13.0 Å². The van der Waals surface area contributed by atoms with Gasteiger partial charge in [-0.25, -0.2) is 9.97 Å². The summed E-state index contributed by atoms with van der Waals surface area (Å²) in [4.78, 5) is 28.3. The molecule has 1 fully saturated rings. The van der Waals surface area contributed by atoms with Crippen LogP contribution in [-0.4, -0.2) is 51.8 Å². The fourth-order valence-corrected chi connectivity index (χ4v) is 3.88. The number of nitrogens with zero attached hydrogens (tertiary/aromatic N) is 4.